The zero-order chi connectivity index (χ0) is 15.3. The molecule has 1 aliphatic heterocycles. The summed E-state index contributed by atoms with van der Waals surface area (Å²) in [5, 5.41) is 7.25. The molecule has 1 aliphatic rings. The predicted molar refractivity (Wildman–Crippen MR) is 87.5 cm³/mol. The van der Waals surface area contributed by atoms with E-state index in [1.54, 1.807) is 0 Å². The summed E-state index contributed by atoms with van der Waals surface area (Å²) in [6.07, 6.45) is 3.99. The lowest BCUT2D eigenvalue weighted by molar-refractivity contribution is -0.133. The second-order valence-electron chi connectivity index (χ2n) is 6.03. The average molecular weight is 309 g/mol. The summed E-state index contributed by atoms with van der Waals surface area (Å²) in [6, 6.07) is 7.63. The number of rotatable bonds is 5. The number of benzene rings is 1. The van der Waals surface area contributed by atoms with Crippen LogP contribution in [0, 0.1) is 5.41 Å². The van der Waals surface area contributed by atoms with Gasteiger partial charge in [0.15, 0.2) is 0 Å². The van der Waals surface area contributed by atoms with E-state index in [4.69, 9.17) is 11.6 Å². The van der Waals surface area contributed by atoms with Crippen molar-refractivity contribution < 1.29 is 4.79 Å². The molecule has 1 heterocycles. The normalized spacial score (nSPS) is 23.6. The van der Waals surface area contributed by atoms with Gasteiger partial charge in [-0.3, -0.25) is 4.79 Å². The lowest BCUT2D eigenvalue weighted by atomic mass is 9.76. The van der Waals surface area contributed by atoms with E-state index in [-0.39, 0.29) is 17.4 Å². The number of halogens is 1. The molecule has 2 atom stereocenters. The third-order valence-electron chi connectivity index (χ3n) is 4.40. The van der Waals surface area contributed by atoms with Crippen molar-refractivity contribution in [3.63, 3.8) is 0 Å². The maximum absolute atomic E-state index is 12.8. The summed E-state index contributed by atoms with van der Waals surface area (Å²) in [7, 11) is 0. The Morgan fingerprint density at radius 2 is 2.24 bits per heavy atom. The second-order valence-corrected chi connectivity index (χ2v) is 6.43. The molecule has 4 heteroatoms. The van der Waals surface area contributed by atoms with Crippen molar-refractivity contribution in [2.24, 2.45) is 5.41 Å². The fraction of sp³-hybridized carbons (Fsp3) is 0.588. The van der Waals surface area contributed by atoms with Gasteiger partial charge in [0.25, 0.3) is 0 Å². The van der Waals surface area contributed by atoms with Gasteiger partial charge in [0.2, 0.25) is 5.91 Å². The average Bonchev–Trinajstić information content (AvgIpc) is 2.48. The van der Waals surface area contributed by atoms with E-state index in [1.165, 1.54) is 0 Å². The Kier molecular flexibility index (Phi) is 5.65. The van der Waals surface area contributed by atoms with Gasteiger partial charge in [-0.25, -0.2) is 0 Å². The molecule has 1 aromatic carbocycles. The van der Waals surface area contributed by atoms with Gasteiger partial charge in [-0.15, -0.1) is 0 Å². The van der Waals surface area contributed by atoms with Crippen molar-refractivity contribution in [1.82, 2.24) is 10.6 Å². The highest BCUT2D eigenvalue weighted by molar-refractivity contribution is 6.31. The third kappa shape index (κ3) is 3.78. The zero-order valence-electron chi connectivity index (χ0n) is 12.9. The van der Waals surface area contributed by atoms with Crippen LogP contribution in [0.2, 0.25) is 5.02 Å². The van der Waals surface area contributed by atoms with Gasteiger partial charge in [-0.2, -0.15) is 0 Å². The number of piperidine rings is 1. The van der Waals surface area contributed by atoms with Crippen LogP contribution in [0.3, 0.4) is 0 Å². The smallest absolute Gasteiger partial charge is 0.227 e. The predicted octanol–water partition coefficient (Wildman–Crippen LogP) is 3.69. The molecule has 21 heavy (non-hydrogen) atoms. The Hall–Kier alpha value is -1.06. The molecule has 0 radical (unpaired) electrons. The number of nitrogens with one attached hydrogen (secondary N) is 2. The number of hydrogen-bond donors (Lipinski definition) is 2. The Balaban J connectivity index is 2.10. The van der Waals surface area contributed by atoms with E-state index in [2.05, 4.69) is 17.6 Å². The van der Waals surface area contributed by atoms with Gasteiger partial charge in [0.1, 0.15) is 0 Å². The summed E-state index contributed by atoms with van der Waals surface area (Å²) < 4.78 is 0. The van der Waals surface area contributed by atoms with E-state index in [0.29, 0.717) is 5.02 Å². The molecule has 2 N–H and O–H groups in total. The first-order valence-electron chi connectivity index (χ1n) is 7.85. The van der Waals surface area contributed by atoms with Crippen molar-refractivity contribution in [3.05, 3.63) is 34.9 Å². The third-order valence-corrected chi connectivity index (χ3v) is 4.75. The van der Waals surface area contributed by atoms with Gasteiger partial charge in [-0.05, 0) is 44.4 Å². The van der Waals surface area contributed by atoms with Crippen molar-refractivity contribution in [2.75, 3.05) is 13.1 Å². The Bertz CT molecular complexity index is 478. The van der Waals surface area contributed by atoms with Crippen LogP contribution in [0.1, 0.15) is 51.1 Å². The maximum Gasteiger partial charge on any atom is 0.227 e. The molecular formula is C17H25ClN2O. The number of carbonyl (C=O) groups excluding carboxylic acids is 1. The van der Waals surface area contributed by atoms with Crippen LogP contribution in [0.25, 0.3) is 0 Å². The SMILES string of the molecule is CCCC1(C(=O)N[C@H](C)c2ccccc2Cl)CCCNC1. The molecule has 116 valence electrons. The first-order valence-corrected chi connectivity index (χ1v) is 8.23. The minimum atomic E-state index is -0.261. The Morgan fingerprint density at radius 1 is 1.48 bits per heavy atom. The minimum absolute atomic E-state index is 0.0677. The fourth-order valence-corrected chi connectivity index (χ4v) is 3.52. The van der Waals surface area contributed by atoms with Crippen molar-refractivity contribution in [3.8, 4) is 0 Å². The zero-order valence-corrected chi connectivity index (χ0v) is 13.7. The largest absolute Gasteiger partial charge is 0.349 e. The molecule has 1 aromatic rings. The summed E-state index contributed by atoms with van der Waals surface area (Å²) in [6.45, 7) is 5.93. The molecule has 0 aliphatic carbocycles. The highest BCUT2D eigenvalue weighted by Gasteiger charge is 2.39. The van der Waals surface area contributed by atoms with Crippen molar-refractivity contribution in [1.29, 1.82) is 0 Å². The highest BCUT2D eigenvalue weighted by Crippen LogP contribution is 2.33. The summed E-state index contributed by atoms with van der Waals surface area (Å²) in [4.78, 5) is 12.8. The summed E-state index contributed by atoms with van der Waals surface area (Å²) in [5.41, 5.74) is 0.714. The van der Waals surface area contributed by atoms with E-state index in [9.17, 15) is 4.79 Å². The number of amides is 1. The molecule has 1 fully saturated rings. The van der Waals surface area contributed by atoms with Gasteiger partial charge in [0.05, 0.1) is 11.5 Å². The van der Waals surface area contributed by atoms with Crippen LogP contribution in [-0.4, -0.2) is 19.0 Å². The lowest BCUT2D eigenvalue weighted by Gasteiger charge is -2.37. The molecule has 0 aromatic heterocycles. The molecule has 0 bridgehead atoms. The maximum atomic E-state index is 12.8. The summed E-state index contributed by atoms with van der Waals surface area (Å²) in [5.74, 6) is 0.156. The molecule has 2 rings (SSSR count). The minimum Gasteiger partial charge on any atom is -0.349 e. The molecule has 1 unspecified atom stereocenters. The van der Waals surface area contributed by atoms with Gasteiger partial charge < -0.3 is 10.6 Å². The van der Waals surface area contributed by atoms with Gasteiger partial charge >= 0.3 is 0 Å². The molecule has 3 nitrogen and oxygen atoms in total. The fourth-order valence-electron chi connectivity index (χ4n) is 3.22. The van der Waals surface area contributed by atoms with Crippen LogP contribution in [0.15, 0.2) is 24.3 Å². The Morgan fingerprint density at radius 3 is 2.86 bits per heavy atom. The van der Waals surface area contributed by atoms with E-state index in [1.807, 2.05) is 31.2 Å². The van der Waals surface area contributed by atoms with Crippen molar-refractivity contribution in [2.45, 2.75) is 45.6 Å². The van der Waals surface area contributed by atoms with Gasteiger partial charge in [-0.1, -0.05) is 43.1 Å². The molecular weight excluding hydrogens is 284 g/mol. The van der Waals surface area contributed by atoms with E-state index >= 15 is 0 Å². The number of hydrogen-bond acceptors (Lipinski definition) is 2. The summed E-state index contributed by atoms with van der Waals surface area (Å²) >= 11 is 6.22. The van der Waals surface area contributed by atoms with Crippen LogP contribution >= 0.6 is 11.6 Å². The second kappa shape index (κ2) is 7.28. The van der Waals surface area contributed by atoms with Gasteiger partial charge in [0, 0.05) is 11.6 Å². The van der Waals surface area contributed by atoms with Crippen LogP contribution in [0.5, 0.6) is 0 Å². The number of carbonyl (C=O) groups is 1. The topological polar surface area (TPSA) is 41.1 Å². The molecule has 1 amide bonds. The Labute approximate surface area is 132 Å². The standard InChI is InChI=1S/C17H25ClN2O/c1-3-9-17(10-6-11-19-12-17)16(21)20-13(2)14-7-4-5-8-15(14)18/h4-5,7-8,13,19H,3,6,9-12H2,1-2H3,(H,20,21)/t13-,17?/m1/s1. The molecule has 0 spiro atoms. The first-order chi connectivity index (χ1) is 10.1. The molecule has 1 saturated heterocycles. The quantitative estimate of drug-likeness (QED) is 0.871. The van der Waals surface area contributed by atoms with Crippen LogP contribution in [-0.2, 0) is 4.79 Å². The van der Waals surface area contributed by atoms with Crippen LogP contribution < -0.4 is 10.6 Å². The monoisotopic (exact) mass is 308 g/mol. The molecule has 0 saturated carbocycles. The van der Waals surface area contributed by atoms with Crippen molar-refractivity contribution >= 4 is 17.5 Å². The van der Waals surface area contributed by atoms with Crippen LogP contribution in [0.4, 0.5) is 0 Å². The highest BCUT2D eigenvalue weighted by atomic mass is 35.5. The first kappa shape index (κ1) is 16.3. The van der Waals surface area contributed by atoms with E-state index < -0.39 is 0 Å². The van der Waals surface area contributed by atoms with E-state index in [0.717, 1.165) is 44.3 Å². The lowest BCUT2D eigenvalue weighted by Crippen LogP contribution is -2.50.